The highest BCUT2D eigenvalue weighted by molar-refractivity contribution is 6.33. The van der Waals surface area contributed by atoms with Crippen LogP contribution in [0.15, 0.2) is 41.3 Å². The molecule has 0 spiro atoms. The minimum absolute atomic E-state index is 0.00224. The maximum atomic E-state index is 11.8. The van der Waals surface area contributed by atoms with Crippen molar-refractivity contribution < 1.29 is 0 Å². The molecule has 0 amide bonds. The van der Waals surface area contributed by atoms with Crippen molar-refractivity contribution in [3.63, 3.8) is 0 Å². The zero-order chi connectivity index (χ0) is 11.7. The fourth-order valence-electron chi connectivity index (χ4n) is 1.36. The van der Waals surface area contributed by atoms with E-state index < -0.39 is 0 Å². The zero-order valence-electron chi connectivity index (χ0n) is 8.15. The standard InChI is InChI=1S/C11H8Cl2N2O/c12-7-3-1-2-4-9(7)15-6-5-8(14)10(13)11(15)16/h1-6H,14H2. The highest BCUT2D eigenvalue weighted by Crippen LogP contribution is 2.20. The van der Waals surface area contributed by atoms with E-state index in [-0.39, 0.29) is 16.3 Å². The summed E-state index contributed by atoms with van der Waals surface area (Å²) in [4.78, 5) is 11.8. The van der Waals surface area contributed by atoms with Gasteiger partial charge < -0.3 is 5.73 Å². The largest absolute Gasteiger partial charge is 0.397 e. The number of nitrogen functional groups attached to an aromatic ring is 1. The molecule has 0 unspecified atom stereocenters. The molecule has 1 aromatic heterocycles. The lowest BCUT2D eigenvalue weighted by Gasteiger charge is -2.08. The van der Waals surface area contributed by atoms with E-state index in [0.29, 0.717) is 10.7 Å². The third-order valence-corrected chi connectivity index (χ3v) is 2.87. The molecule has 0 aliphatic carbocycles. The lowest BCUT2D eigenvalue weighted by Crippen LogP contribution is -2.19. The van der Waals surface area contributed by atoms with Crippen molar-refractivity contribution in [2.75, 3.05) is 5.73 Å². The fourth-order valence-corrected chi connectivity index (χ4v) is 1.74. The Balaban J connectivity index is 2.72. The zero-order valence-corrected chi connectivity index (χ0v) is 9.66. The molecule has 0 aliphatic heterocycles. The van der Waals surface area contributed by atoms with Crippen molar-refractivity contribution in [3.05, 3.63) is 56.9 Å². The van der Waals surface area contributed by atoms with E-state index >= 15 is 0 Å². The van der Waals surface area contributed by atoms with Crippen molar-refractivity contribution >= 4 is 28.9 Å². The van der Waals surface area contributed by atoms with Crippen LogP contribution in [0.1, 0.15) is 0 Å². The van der Waals surface area contributed by atoms with Crippen LogP contribution in [0.5, 0.6) is 0 Å². The molecule has 1 heterocycles. The predicted molar refractivity (Wildman–Crippen MR) is 66.5 cm³/mol. The number of nitrogens with zero attached hydrogens (tertiary/aromatic N) is 1. The number of halogens is 2. The van der Waals surface area contributed by atoms with Crippen LogP contribution in [0, 0.1) is 0 Å². The van der Waals surface area contributed by atoms with E-state index in [9.17, 15) is 4.79 Å². The normalized spacial score (nSPS) is 10.4. The number of nitrogens with two attached hydrogens (primary N) is 1. The summed E-state index contributed by atoms with van der Waals surface area (Å²) in [5.41, 5.74) is 5.99. The van der Waals surface area contributed by atoms with Gasteiger partial charge in [0.05, 0.1) is 16.4 Å². The Morgan fingerprint density at radius 1 is 1.12 bits per heavy atom. The Morgan fingerprint density at radius 3 is 2.50 bits per heavy atom. The second-order valence-electron chi connectivity index (χ2n) is 3.21. The van der Waals surface area contributed by atoms with Gasteiger partial charge in [-0.2, -0.15) is 0 Å². The van der Waals surface area contributed by atoms with Gasteiger partial charge in [0.15, 0.2) is 0 Å². The van der Waals surface area contributed by atoms with Gasteiger partial charge in [-0.15, -0.1) is 0 Å². The second-order valence-corrected chi connectivity index (χ2v) is 4.00. The second kappa shape index (κ2) is 4.20. The molecule has 82 valence electrons. The first-order chi connectivity index (χ1) is 7.61. The minimum Gasteiger partial charge on any atom is -0.397 e. The first kappa shape index (κ1) is 11.0. The lowest BCUT2D eigenvalue weighted by atomic mass is 10.3. The Hall–Kier alpha value is -1.45. The van der Waals surface area contributed by atoms with Crippen molar-refractivity contribution in [1.29, 1.82) is 0 Å². The van der Waals surface area contributed by atoms with Gasteiger partial charge in [0.2, 0.25) is 0 Å². The SMILES string of the molecule is Nc1ccn(-c2ccccc2Cl)c(=O)c1Cl. The third kappa shape index (κ3) is 1.79. The molecule has 2 N–H and O–H groups in total. The van der Waals surface area contributed by atoms with Crippen LogP contribution in [-0.2, 0) is 0 Å². The Kier molecular flexibility index (Phi) is 2.90. The van der Waals surface area contributed by atoms with E-state index in [4.69, 9.17) is 28.9 Å². The van der Waals surface area contributed by atoms with Crippen LogP contribution >= 0.6 is 23.2 Å². The van der Waals surface area contributed by atoms with Gasteiger partial charge >= 0.3 is 0 Å². The van der Waals surface area contributed by atoms with E-state index in [1.807, 2.05) is 0 Å². The summed E-state index contributed by atoms with van der Waals surface area (Å²) in [7, 11) is 0. The summed E-state index contributed by atoms with van der Waals surface area (Å²) in [5, 5.41) is 0.479. The number of para-hydroxylation sites is 1. The van der Waals surface area contributed by atoms with Crippen LogP contribution in [0.3, 0.4) is 0 Å². The number of hydrogen-bond acceptors (Lipinski definition) is 2. The molecule has 0 saturated carbocycles. The number of anilines is 1. The molecule has 0 saturated heterocycles. The molecule has 1 aromatic carbocycles. The van der Waals surface area contributed by atoms with Gasteiger partial charge in [0.1, 0.15) is 5.02 Å². The van der Waals surface area contributed by atoms with Gasteiger partial charge in [-0.3, -0.25) is 9.36 Å². The Morgan fingerprint density at radius 2 is 1.81 bits per heavy atom. The number of aromatic nitrogens is 1. The number of rotatable bonds is 1. The number of pyridine rings is 1. The molecule has 0 aliphatic rings. The van der Waals surface area contributed by atoms with Crippen LogP contribution in [-0.4, -0.2) is 4.57 Å². The summed E-state index contributed by atoms with van der Waals surface area (Å²) in [5.74, 6) is 0. The molecule has 5 heteroatoms. The average molecular weight is 255 g/mol. The van der Waals surface area contributed by atoms with Gasteiger partial charge in [-0.05, 0) is 18.2 Å². The highest BCUT2D eigenvalue weighted by Gasteiger charge is 2.08. The summed E-state index contributed by atoms with van der Waals surface area (Å²) in [6.45, 7) is 0. The predicted octanol–water partition coefficient (Wildman–Crippen LogP) is 2.73. The Bertz CT molecular complexity index is 593. The van der Waals surface area contributed by atoms with Gasteiger partial charge in [-0.1, -0.05) is 35.3 Å². The highest BCUT2D eigenvalue weighted by atomic mass is 35.5. The molecule has 0 atom stereocenters. The van der Waals surface area contributed by atoms with E-state index in [0.717, 1.165) is 0 Å². The monoisotopic (exact) mass is 254 g/mol. The minimum atomic E-state index is -0.380. The maximum absolute atomic E-state index is 11.8. The lowest BCUT2D eigenvalue weighted by molar-refractivity contribution is 0.993. The summed E-state index contributed by atoms with van der Waals surface area (Å²) >= 11 is 11.8. The van der Waals surface area contributed by atoms with E-state index in [1.54, 1.807) is 36.5 Å². The molecule has 16 heavy (non-hydrogen) atoms. The number of hydrogen-bond donors (Lipinski definition) is 1. The summed E-state index contributed by atoms with van der Waals surface area (Å²) < 4.78 is 1.36. The van der Waals surface area contributed by atoms with Crippen molar-refractivity contribution in [1.82, 2.24) is 4.57 Å². The van der Waals surface area contributed by atoms with Gasteiger partial charge in [0, 0.05) is 6.20 Å². The maximum Gasteiger partial charge on any atom is 0.276 e. The average Bonchev–Trinajstić information content (AvgIpc) is 2.28. The fraction of sp³-hybridized carbons (Fsp3) is 0. The van der Waals surface area contributed by atoms with E-state index in [2.05, 4.69) is 0 Å². The Labute approximate surface area is 102 Å². The molecule has 0 bridgehead atoms. The van der Waals surface area contributed by atoms with Crippen LogP contribution in [0.2, 0.25) is 10.0 Å². The van der Waals surface area contributed by atoms with Crippen LogP contribution in [0.25, 0.3) is 5.69 Å². The topological polar surface area (TPSA) is 48.0 Å². The van der Waals surface area contributed by atoms with Gasteiger partial charge in [0.25, 0.3) is 5.56 Å². The van der Waals surface area contributed by atoms with Crippen molar-refractivity contribution in [3.8, 4) is 5.69 Å². The first-order valence-electron chi connectivity index (χ1n) is 4.53. The molecular weight excluding hydrogens is 247 g/mol. The van der Waals surface area contributed by atoms with Crippen LogP contribution in [0.4, 0.5) is 5.69 Å². The summed E-state index contributed by atoms with van der Waals surface area (Å²) in [6, 6.07) is 8.57. The van der Waals surface area contributed by atoms with Crippen molar-refractivity contribution in [2.24, 2.45) is 0 Å². The molecule has 3 nitrogen and oxygen atoms in total. The number of benzene rings is 1. The quantitative estimate of drug-likeness (QED) is 0.851. The molecule has 0 radical (unpaired) electrons. The first-order valence-corrected chi connectivity index (χ1v) is 5.28. The van der Waals surface area contributed by atoms with E-state index in [1.165, 1.54) is 4.57 Å². The van der Waals surface area contributed by atoms with Crippen LogP contribution < -0.4 is 11.3 Å². The molecule has 2 aromatic rings. The molecule has 2 rings (SSSR count). The molecule has 0 fully saturated rings. The smallest absolute Gasteiger partial charge is 0.276 e. The van der Waals surface area contributed by atoms with Crippen molar-refractivity contribution in [2.45, 2.75) is 0 Å². The van der Waals surface area contributed by atoms with Gasteiger partial charge in [-0.25, -0.2) is 0 Å². The molecular formula is C11H8Cl2N2O. The third-order valence-electron chi connectivity index (χ3n) is 2.18. The summed E-state index contributed by atoms with van der Waals surface area (Å²) in [6.07, 6.45) is 1.55.